The van der Waals surface area contributed by atoms with Crippen LogP contribution in [0.5, 0.6) is 0 Å². The highest BCUT2D eigenvalue weighted by Gasteiger charge is 2.31. The van der Waals surface area contributed by atoms with Crippen LogP contribution in [0, 0.1) is 0 Å². The molecule has 22 heavy (non-hydrogen) atoms. The quantitative estimate of drug-likeness (QED) is 0.587. The molecule has 0 bridgehead atoms. The number of benzene rings is 1. The molecule has 0 aromatic heterocycles. The van der Waals surface area contributed by atoms with E-state index in [-0.39, 0.29) is 17.0 Å². The minimum Gasteiger partial charge on any atom is -0.325 e. The van der Waals surface area contributed by atoms with E-state index in [0.29, 0.717) is 18.3 Å². The molecule has 2 N–H and O–H groups in total. The van der Waals surface area contributed by atoms with Gasteiger partial charge in [-0.25, -0.2) is 8.78 Å². The number of carbonyl (C=O) groups excluding carboxylic acids is 1. The number of nitrogens with one attached hydrogen (secondary N) is 2. The monoisotopic (exact) mass is 342 g/mol. The summed E-state index contributed by atoms with van der Waals surface area (Å²) in [5.41, 5.74) is -1.06. The van der Waals surface area contributed by atoms with E-state index in [1.54, 1.807) is 7.05 Å². The molecule has 0 fully saturated rings. The van der Waals surface area contributed by atoms with E-state index in [1.165, 1.54) is 0 Å². The topological polar surface area (TPSA) is 41.1 Å². The number of amides is 1. The maximum absolute atomic E-state index is 12.7. The summed E-state index contributed by atoms with van der Waals surface area (Å²) in [6.07, 6.45) is -7.11. The lowest BCUT2D eigenvalue weighted by Crippen LogP contribution is -2.19. The van der Waals surface area contributed by atoms with Gasteiger partial charge in [0, 0.05) is 17.9 Å². The third-order valence-corrected chi connectivity index (χ3v) is 3.63. The number of hydrogen-bond donors (Lipinski definition) is 2. The number of halogens is 5. The van der Waals surface area contributed by atoms with Crippen molar-refractivity contribution < 1.29 is 26.7 Å². The van der Waals surface area contributed by atoms with Gasteiger partial charge in [0.25, 0.3) is 0 Å². The van der Waals surface area contributed by atoms with Gasteiger partial charge in [0.15, 0.2) is 0 Å². The predicted octanol–water partition coefficient (Wildman–Crippen LogP) is 3.61. The third-order valence-electron chi connectivity index (χ3n) is 2.55. The number of carbonyl (C=O) groups is 1. The van der Waals surface area contributed by atoms with Gasteiger partial charge in [-0.3, -0.25) is 4.79 Å². The maximum Gasteiger partial charge on any atom is 0.416 e. The van der Waals surface area contributed by atoms with E-state index in [1.807, 2.05) is 0 Å². The highest BCUT2D eigenvalue weighted by atomic mass is 32.2. The first kappa shape index (κ1) is 18.7. The fourth-order valence-electron chi connectivity index (χ4n) is 1.53. The minimum absolute atomic E-state index is 0.0612. The smallest absolute Gasteiger partial charge is 0.325 e. The van der Waals surface area contributed by atoms with Gasteiger partial charge in [0.2, 0.25) is 12.3 Å². The van der Waals surface area contributed by atoms with Crippen molar-refractivity contribution in [2.75, 3.05) is 24.7 Å². The zero-order valence-corrected chi connectivity index (χ0v) is 12.5. The standard InChI is InChI=1S/C13H15F5N2OS/c1-19-5-4-12(21)20-9-6-8(13(16,17)18)2-3-10(9)22-7-11(14)15/h2-3,6,11,19H,4-5,7H2,1H3,(H,20,21). The van der Waals surface area contributed by atoms with Crippen molar-refractivity contribution in [3.8, 4) is 0 Å². The summed E-state index contributed by atoms with van der Waals surface area (Å²) < 4.78 is 62.6. The minimum atomic E-state index is -4.57. The molecule has 0 atom stereocenters. The molecule has 1 aromatic rings. The number of thioether (sulfide) groups is 1. The second kappa shape index (κ2) is 8.33. The lowest BCUT2D eigenvalue weighted by molar-refractivity contribution is -0.137. The molecule has 1 aromatic carbocycles. The Balaban J connectivity index is 2.97. The van der Waals surface area contributed by atoms with Crippen molar-refractivity contribution in [2.24, 2.45) is 0 Å². The summed E-state index contributed by atoms with van der Waals surface area (Å²) in [7, 11) is 1.63. The lowest BCUT2D eigenvalue weighted by Gasteiger charge is -2.14. The average Bonchev–Trinajstić information content (AvgIpc) is 2.42. The van der Waals surface area contributed by atoms with Crippen molar-refractivity contribution in [3.05, 3.63) is 23.8 Å². The highest BCUT2D eigenvalue weighted by molar-refractivity contribution is 7.99. The van der Waals surface area contributed by atoms with Crippen LogP contribution in [0.25, 0.3) is 0 Å². The van der Waals surface area contributed by atoms with Gasteiger partial charge >= 0.3 is 6.18 Å². The van der Waals surface area contributed by atoms with Gasteiger partial charge in [-0.1, -0.05) is 0 Å². The van der Waals surface area contributed by atoms with E-state index < -0.39 is 29.8 Å². The van der Waals surface area contributed by atoms with E-state index in [0.717, 1.165) is 18.2 Å². The van der Waals surface area contributed by atoms with E-state index in [9.17, 15) is 26.7 Å². The number of rotatable bonds is 7. The molecule has 0 saturated heterocycles. The number of anilines is 1. The molecule has 0 aliphatic carbocycles. The third kappa shape index (κ3) is 6.18. The molecule has 0 spiro atoms. The average molecular weight is 342 g/mol. The lowest BCUT2D eigenvalue weighted by atomic mass is 10.2. The summed E-state index contributed by atoms with van der Waals surface area (Å²) in [4.78, 5) is 11.8. The highest BCUT2D eigenvalue weighted by Crippen LogP contribution is 2.36. The van der Waals surface area contributed by atoms with Gasteiger partial charge in [0.1, 0.15) is 0 Å². The molecule has 1 amide bonds. The predicted molar refractivity (Wildman–Crippen MR) is 75.3 cm³/mol. The Labute approximate surface area is 128 Å². The fourth-order valence-corrected chi connectivity index (χ4v) is 2.27. The summed E-state index contributed by atoms with van der Waals surface area (Å²) >= 11 is 0.693. The van der Waals surface area contributed by atoms with Crippen LogP contribution in [0.4, 0.5) is 27.6 Å². The zero-order chi connectivity index (χ0) is 16.8. The molecule has 1 rings (SSSR count). The van der Waals surface area contributed by atoms with Crippen molar-refractivity contribution in [1.29, 1.82) is 0 Å². The summed E-state index contributed by atoms with van der Waals surface area (Å²) in [5.74, 6) is -1.06. The van der Waals surface area contributed by atoms with Crippen LogP contribution < -0.4 is 10.6 Å². The van der Waals surface area contributed by atoms with Crippen molar-refractivity contribution in [3.63, 3.8) is 0 Å². The first-order valence-corrected chi connectivity index (χ1v) is 7.29. The molecular formula is C13H15F5N2OS. The Morgan fingerprint density at radius 1 is 1.32 bits per heavy atom. The second-order valence-corrected chi connectivity index (χ2v) is 5.37. The number of hydrogen-bond acceptors (Lipinski definition) is 3. The van der Waals surface area contributed by atoms with Crippen molar-refractivity contribution >= 4 is 23.4 Å². The van der Waals surface area contributed by atoms with E-state index in [4.69, 9.17) is 0 Å². The first-order chi connectivity index (χ1) is 10.2. The maximum atomic E-state index is 12.7. The zero-order valence-electron chi connectivity index (χ0n) is 11.6. The molecule has 124 valence electrons. The first-order valence-electron chi connectivity index (χ1n) is 6.30. The van der Waals surface area contributed by atoms with Crippen LogP contribution in [0.15, 0.2) is 23.1 Å². The Hall–Kier alpha value is -1.35. The molecule has 0 radical (unpaired) electrons. The summed E-state index contributed by atoms with van der Waals surface area (Å²) in [6, 6.07) is 2.64. The Morgan fingerprint density at radius 2 is 2.00 bits per heavy atom. The van der Waals surface area contributed by atoms with Crippen molar-refractivity contribution in [1.82, 2.24) is 5.32 Å². The Morgan fingerprint density at radius 3 is 2.55 bits per heavy atom. The largest absolute Gasteiger partial charge is 0.416 e. The van der Waals surface area contributed by atoms with E-state index in [2.05, 4.69) is 10.6 Å². The second-order valence-electron chi connectivity index (χ2n) is 4.31. The van der Waals surface area contributed by atoms with Crippen LogP contribution in [-0.2, 0) is 11.0 Å². The fraction of sp³-hybridized carbons (Fsp3) is 0.462. The van der Waals surface area contributed by atoms with Crippen LogP contribution in [0.3, 0.4) is 0 Å². The SMILES string of the molecule is CNCCC(=O)Nc1cc(C(F)(F)F)ccc1SCC(F)F. The molecule has 3 nitrogen and oxygen atoms in total. The molecule has 9 heteroatoms. The van der Waals surface area contributed by atoms with Gasteiger partial charge in [-0.2, -0.15) is 13.2 Å². The van der Waals surface area contributed by atoms with Crippen LogP contribution in [0.2, 0.25) is 0 Å². The van der Waals surface area contributed by atoms with Gasteiger partial charge < -0.3 is 10.6 Å². The van der Waals surface area contributed by atoms with Gasteiger partial charge in [-0.05, 0) is 25.2 Å². The molecule has 0 heterocycles. The summed E-state index contributed by atoms with van der Waals surface area (Å²) in [6.45, 7) is 0.351. The number of alkyl halides is 5. The Bertz CT molecular complexity index is 508. The normalized spacial score (nSPS) is 11.8. The van der Waals surface area contributed by atoms with Crippen LogP contribution in [0.1, 0.15) is 12.0 Å². The summed E-state index contributed by atoms with van der Waals surface area (Å²) in [5, 5.41) is 5.07. The molecule has 0 aliphatic heterocycles. The van der Waals surface area contributed by atoms with Gasteiger partial charge in [-0.15, -0.1) is 11.8 Å². The van der Waals surface area contributed by atoms with Gasteiger partial charge in [0.05, 0.1) is 17.0 Å². The van der Waals surface area contributed by atoms with Crippen LogP contribution >= 0.6 is 11.8 Å². The van der Waals surface area contributed by atoms with E-state index >= 15 is 0 Å². The molecule has 0 unspecified atom stereocenters. The van der Waals surface area contributed by atoms with Crippen LogP contribution in [-0.4, -0.2) is 31.7 Å². The molecular weight excluding hydrogens is 327 g/mol. The molecule has 0 aliphatic rings. The van der Waals surface area contributed by atoms with Crippen molar-refractivity contribution in [2.45, 2.75) is 23.9 Å². The Kier molecular flexibility index (Phi) is 7.08. The molecule has 0 saturated carbocycles.